The first-order valence-electron chi connectivity index (χ1n) is 6.86. The molecule has 116 valence electrons. The minimum absolute atomic E-state index is 0.0347. The molecule has 1 rings (SSSR count). The van der Waals surface area contributed by atoms with Gasteiger partial charge in [-0.1, -0.05) is 46.4 Å². The minimum atomic E-state index is -0.854. The molecule has 7 heteroatoms. The number of rotatable bonds is 5. The molecule has 0 aliphatic rings. The Labute approximate surface area is 130 Å². The highest BCUT2D eigenvalue weighted by atomic mass is 32.2. The second-order valence-corrected chi connectivity index (χ2v) is 7.46. The number of thioether (sulfide) groups is 1. The van der Waals surface area contributed by atoms with Crippen molar-refractivity contribution in [3.8, 4) is 6.07 Å². The highest BCUT2D eigenvalue weighted by Gasteiger charge is 2.30. The van der Waals surface area contributed by atoms with Crippen LogP contribution in [0.1, 0.15) is 47.4 Å². The van der Waals surface area contributed by atoms with Crippen LogP contribution in [0.3, 0.4) is 0 Å². The van der Waals surface area contributed by atoms with Crippen LogP contribution in [0.5, 0.6) is 0 Å². The zero-order valence-corrected chi connectivity index (χ0v) is 14.3. The SMILES string of the molecule is CC(C)C(C)(C#N)NC(=O)CSc1n[nH]c(C(C)(C)C)n1. The van der Waals surface area contributed by atoms with Crippen molar-refractivity contribution in [3.05, 3.63) is 5.82 Å². The molecule has 0 saturated carbocycles. The van der Waals surface area contributed by atoms with Gasteiger partial charge in [-0.15, -0.1) is 5.10 Å². The first-order valence-corrected chi connectivity index (χ1v) is 7.85. The number of nitriles is 1. The van der Waals surface area contributed by atoms with Crippen molar-refractivity contribution in [2.24, 2.45) is 5.92 Å². The smallest absolute Gasteiger partial charge is 0.231 e. The zero-order chi connectivity index (χ0) is 16.3. The van der Waals surface area contributed by atoms with E-state index < -0.39 is 5.54 Å². The maximum atomic E-state index is 12.0. The number of hydrogen-bond acceptors (Lipinski definition) is 5. The monoisotopic (exact) mass is 309 g/mol. The minimum Gasteiger partial charge on any atom is -0.337 e. The van der Waals surface area contributed by atoms with Gasteiger partial charge in [0.2, 0.25) is 11.1 Å². The average molecular weight is 309 g/mol. The zero-order valence-electron chi connectivity index (χ0n) is 13.4. The molecule has 0 aliphatic heterocycles. The van der Waals surface area contributed by atoms with Crippen LogP contribution in [0.25, 0.3) is 0 Å². The maximum absolute atomic E-state index is 12.0. The summed E-state index contributed by atoms with van der Waals surface area (Å²) in [6.45, 7) is 11.6. The van der Waals surface area contributed by atoms with Crippen LogP contribution in [-0.2, 0) is 10.2 Å². The van der Waals surface area contributed by atoms with Crippen LogP contribution in [0, 0.1) is 17.2 Å². The van der Waals surface area contributed by atoms with Gasteiger partial charge in [-0.3, -0.25) is 9.89 Å². The first-order chi connectivity index (χ1) is 9.58. The Balaban J connectivity index is 2.58. The van der Waals surface area contributed by atoms with Crippen LogP contribution >= 0.6 is 11.8 Å². The molecule has 21 heavy (non-hydrogen) atoms. The molecule has 0 bridgehead atoms. The summed E-state index contributed by atoms with van der Waals surface area (Å²) in [5.74, 6) is 0.813. The number of H-pyrrole nitrogens is 1. The molecule has 1 unspecified atom stereocenters. The van der Waals surface area contributed by atoms with E-state index in [9.17, 15) is 10.1 Å². The van der Waals surface area contributed by atoms with Crippen LogP contribution in [0.15, 0.2) is 5.16 Å². The number of carbonyl (C=O) groups excluding carboxylic acids is 1. The van der Waals surface area contributed by atoms with Gasteiger partial charge in [0.15, 0.2) is 0 Å². The molecule has 6 nitrogen and oxygen atoms in total. The van der Waals surface area contributed by atoms with Gasteiger partial charge in [0, 0.05) is 5.41 Å². The summed E-state index contributed by atoms with van der Waals surface area (Å²) < 4.78 is 0. The first kappa shape index (κ1) is 17.5. The van der Waals surface area contributed by atoms with Crippen molar-refractivity contribution < 1.29 is 4.79 Å². The van der Waals surface area contributed by atoms with E-state index in [2.05, 4.69) is 26.6 Å². The number of nitrogens with zero attached hydrogens (tertiary/aromatic N) is 3. The summed E-state index contributed by atoms with van der Waals surface area (Å²) >= 11 is 1.25. The van der Waals surface area contributed by atoms with Crippen LogP contribution in [-0.4, -0.2) is 32.4 Å². The van der Waals surface area contributed by atoms with E-state index in [1.165, 1.54) is 11.8 Å². The molecule has 1 aromatic heterocycles. The van der Waals surface area contributed by atoms with Crippen molar-refractivity contribution in [2.45, 2.75) is 57.7 Å². The third-order valence-corrected chi connectivity index (χ3v) is 4.14. The largest absolute Gasteiger partial charge is 0.337 e. The lowest BCUT2D eigenvalue weighted by atomic mass is 9.90. The normalized spacial score (nSPS) is 14.6. The number of aromatic amines is 1. The summed E-state index contributed by atoms with van der Waals surface area (Å²) in [6, 6.07) is 2.15. The van der Waals surface area contributed by atoms with E-state index >= 15 is 0 Å². The molecule has 0 aliphatic carbocycles. The molecule has 1 atom stereocenters. The van der Waals surface area contributed by atoms with Crippen LogP contribution < -0.4 is 5.32 Å². The molecule has 0 fully saturated rings. The predicted octanol–water partition coefficient (Wildman–Crippen LogP) is 2.25. The quantitative estimate of drug-likeness (QED) is 0.813. The summed E-state index contributed by atoms with van der Waals surface area (Å²) in [6.07, 6.45) is 0. The predicted molar refractivity (Wildman–Crippen MR) is 82.8 cm³/mol. The van der Waals surface area contributed by atoms with Crippen LogP contribution in [0.2, 0.25) is 0 Å². The fourth-order valence-electron chi connectivity index (χ4n) is 1.40. The molecular weight excluding hydrogens is 286 g/mol. The number of carbonyl (C=O) groups is 1. The van der Waals surface area contributed by atoms with Crippen molar-refractivity contribution >= 4 is 17.7 Å². The van der Waals surface area contributed by atoms with E-state index in [0.29, 0.717) is 5.16 Å². The second kappa shape index (κ2) is 6.48. The highest BCUT2D eigenvalue weighted by Crippen LogP contribution is 2.21. The molecule has 2 N–H and O–H groups in total. The Morgan fingerprint density at radius 2 is 2.05 bits per heavy atom. The molecular formula is C14H23N5OS. The number of amides is 1. The van der Waals surface area contributed by atoms with Gasteiger partial charge in [0.1, 0.15) is 11.4 Å². The van der Waals surface area contributed by atoms with Gasteiger partial charge in [0.05, 0.1) is 11.8 Å². The number of aromatic nitrogens is 3. The third-order valence-electron chi connectivity index (χ3n) is 3.29. The fourth-order valence-corrected chi connectivity index (χ4v) is 2.00. The van der Waals surface area contributed by atoms with E-state index in [0.717, 1.165) is 5.82 Å². The summed E-state index contributed by atoms with van der Waals surface area (Å²) in [5.41, 5.74) is -0.960. The van der Waals surface area contributed by atoms with E-state index in [1.807, 2.05) is 34.6 Å². The molecule has 1 amide bonds. The average Bonchev–Trinajstić information content (AvgIpc) is 2.84. The molecule has 1 aromatic rings. The number of hydrogen-bond donors (Lipinski definition) is 2. The molecule has 0 saturated heterocycles. The van der Waals surface area contributed by atoms with Gasteiger partial charge in [-0.2, -0.15) is 5.26 Å². The second-order valence-electron chi connectivity index (χ2n) is 6.52. The van der Waals surface area contributed by atoms with Crippen molar-refractivity contribution in [2.75, 3.05) is 5.75 Å². The Kier molecular flexibility index (Phi) is 5.40. The van der Waals surface area contributed by atoms with E-state index in [4.69, 9.17) is 0 Å². The molecule has 0 aromatic carbocycles. The standard InChI is InChI=1S/C14H23N5OS/c1-9(2)14(6,8-15)17-10(20)7-21-12-16-11(18-19-12)13(3,4)5/h9H,7H2,1-6H3,(H,17,20)(H,16,18,19). The number of nitrogens with one attached hydrogen (secondary N) is 2. The lowest BCUT2D eigenvalue weighted by Gasteiger charge is -2.27. The summed E-state index contributed by atoms with van der Waals surface area (Å²) in [5, 5.41) is 19.5. The lowest BCUT2D eigenvalue weighted by molar-refractivity contribution is -0.120. The molecule has 0 spiro atoms. The van der Waals surface area contributed by atoms with E-state index in [1.54, 1.807) is 6.92 Å². The summed E-state index contributed by atoms with van der Waals surface area (Å²) in [4.78, 5) is 16.3. The Morgan fingerprint density at radius 3 is 2.48 bits per heavy atom. The molecule has 1 heterocycles. The van der Waals surface area contributed by atoms with Crippen molar-refractivity contribution in [3.63, 3.8) is 0 Å². The van der Waals surface area contributed by atoms with Crippen molar-refractivity contribution in [1.82, 2.24) is 20.5 Å². The maximum Gasteiger partial charge on any atom is 0.231 e. The Bertz CT molecular complexity index is 540. The van der Waals surface area contributed by atoms with Gasteiger partial charge in [-0.25, -0.2) is 4.98 Å². The van der Waals surface area contributed by atoms with Crippen molar-refractivity contribution in [1.29, 1.82) is 5.26 Å². The Hall–Kier alpha value is -1.55. The third kappa shape index (κ3) is 4.74. The van der Waals surface area contributed by atoms with Gasteiger partial charge >= 0.3 is 0 Å². The van der Waals surface area contributed by atoms with E-state index in [-0.39, 0.29) is 23.0 Å². The van der Waals surface area contributed by atoms with Crippen LogP contribution in [0.4, 0.5) is 0 Å². The van der Waals surface area contributed by atoms with Gasteiger partial charge < -0.3 is 5.32 Å². The van der Waals surface area contributed by atoms with Gasteiger partial charge in [-0.05, 0) is 12.8 Å². The molecule has 0 radical (unpaired) electrons. The lowest BCUT2D eigenvalue weighted by Crippen LogP contribution is -2.49. The highest BCUT2D eigenvalue weighted by molar-refractivity contribution is 7.99. The fraction of sp³-hybridized carbons (Fsp3) is 0.714. The summed E-state index contributed by atoms with van der Waals surface area (Å²) in [7, 11) is 0. The topological polar surface area (TPSA) is 94.5 Å². The van der Waals surface area contributed by atoms with Gasteiger partial charge in [0.25, 0.3) is 0 Å². The Morgan fingerprint density at radius 1 is 1.43 bits per heavy atom.